The van der Waals surface area contributed by atoms with Crippen LogP contribution in [0.5, 0.6) is 0 Å². The molecule has 0 aliphatic heterocycles. The summed E-state index contributed by atoms with van der Waals surface area (Å²) >= 11 is 5.95. The van der Waals surface area contributed by atoms with Crippen LogP contribution in [-0.4, -0.2) is 31.1 Å². The molecular weight excluding hydrogens is 244 g/mol. The minimum Gasteiger partial charge on any atom is -0.311 e. The number of benzene rings is 1. The van der Waals surface area contributed by atoms with Crippen LogP contribution in [0, 0.1) is 6.92 Å². The van der Waals surface area contributed by atoms with Gasteiger partial charge >= 0.3 is 0 Å². The Hall–Kier alpha value is -0.570. The third-order valence-corrected chi connectivity index (χ3v) is 3.45. The number of aryl methyl sites for hydroxylation is 1. The summed E-state index contributed by atoms with van der Waals surface area (Å²) < 4.78 is 0. The number of nitrogens with zero attached hydrogens (tertiary/aromatic N) is 1. The normalized spacial score (nSPS) is 11.2. The van der Waals surface area contributed by atoms with E-state index in [2.05, 4.69) is 37.1 Å². The molecule has 0 fully saturated rings. The maximum atomic E-state index is 5.95. The van der Waals surface area contributed by atoms with Crippen LogP contribution in [0.3, 0.4) is 0 Å². The smallest absolute Gasteiger partial charge is 0.0408 e. The maximum absolute atomic E-state index is 5.95. The minimum atomic E-state index is 0.816. The van der Waals surface area contributed by atoms with Crippen molar-refractivity contribution < 1.29 is 0 Å². The highest BCUT2D eigenvalue weighted by Gasteiger charge is 2.01. The number of halogens is 1. The lowest BCUT2D eigenvalue weighted by molar-refractivity contribution is 0.287. The lowest BCUT2D eigenvalue weighted by Gasteiger charge is -2.19. The van der Waals surface area contributed by atoms with E-state index in [1.54, 1.807) is 0 Å². The molecule has 0 bridgehead atoms. The average molecular weight is 269 g/mol. The first-order valence-corrected chi connectivity index (χ1v) is 7.23. The van der Waals surface area contributed by atoms with E-state index in [4.69, 9.17) is 11.6 Å². The van der Waals surface area contributed by atoms with Crippen molar-refractivity contribution in [2.45, 2.75) is 33.7 Å². The first kappa shape index (κ1) is 15.5. The van der Waals surface area contributed by atoms with E-state index >= 15 is 0 Å². The van der Waals surface area contributed by atoms with Gasteiger partial charge in [-0.3, -0.25) is 0 Å². The summed E-state index contributed by atoms with van der Waals surface area (Å²) in [4.78, 5) is 2.47. The Balaban J connectivity index is 2.29. The van der Waals surface area contributed by atoms with E-state index in [0.29, 0.717) is 0 Å². The number of nitrogens with one attached hydrogen (secondary N) is 1. The van der Waals surface area contributed by atoms with Gasteiger partial charge in [-0.25, -0.2) is 0 Å². The maximum Gasteiger partial charge on any atom is 0.0408 e. The predicted molar refractivity (Wildman–Crippen MR) is 80.3 cm³/mol. The Morgan fingerprint density at radius 2 is 2.00 bits per heavy atom. The molecule has 0 saturated heterocycles. The second kappa shape index (κ2) is 8.52. The molecule has 0 aliphatic carbocycles. The minimum absolute atomic E-state index is 0.816. The average Bonchev–Trinajstić information content (AvgIpc) is 2.35. The molecule has 0 saturated carbocycles. The van der Waals surface area contributed by atoms with Crippen LogP contribution in [0.4, 0.5) is 0 Å². The zero-order valence-corrected chi connectivity index (χ0v) is 12.6. The van der Waals surface area contributed by atoms with E-state index in [1.807, 2.05) is 12.1 Å². The molecule has 0 radical (unpaired) electrons. The van der Waals surface area contributed by atoms with Gasteiger partial charge in [0.1, 0.15) is 0 Å². The summed E-state index contributed by atoms with van der Waals surface area (Å²) in [5, 5.41) is 4.32. The predicted octanol–water partition coefficient (Wildman–Crippen LogP) is 3.47. The van der Waals surface area contributed by atoms with Gasteiger partial charge in [-0.1, -0.05) is 31.5 Å². The molecule has 102 valence electrons. The number of hydrogen-bond donors (Lipinski definition) is 1. The highest BCUT2D eigenvalue weighted by atomic mass is 35.5. The monoisotopic (exact) mass is 268 g/mol. The Kier molecular flexibility index (Phi) is 7.33. The number of likely N-dealkylation sites (N-methyl/N-ethyl adjacent to an activating group) is 1. The van der Waals surface area contributed by atoms with Gasteiger partial charge in [0.25, 0.3) is 0 Å². The molecule has 0 atom stereocenters. The van der Waals surface area contributed by atoms with Gasteiger partial charge in [-0.15, -0.1) is 0 Å². The van der Waals surface area contributed by atoms with Crippen molar-refractivity contribution in [3.8, 4) is 0 Å². The third-order valence-electron chi connectivity index (χ3n) is 3.21. The lowest BCUT2D eigenvalue weighted by atomic mass is 10.1. The van der Waals surface area contributed by atoms with Crippen molar-refractivity contribution in [2.75, 3.05) is 26.2 Å². The Bertz CT molecular complexity index is 352. The topological polar surface area (TPSA) is 15.3 Å². The quantitative estimate of drug-likeness (QED) is 0.727. The second-order valence-electron chi connectivity index (χ2n) is 4.68. The number of hydrogen-bond acceptors (Lipinski definition) is 2. The van der Waals surface area contributed by atoms with Crippen molar-refractivity contribution in [1.82, 2.24) is 10.2 Å². The zero-order valence-electron chi connectivity index (χ0n) is 11.8. The lowest BCUT2D eigenvalue weighted by Crippen LogP contribution is -2.32. The summed E-state index contributed by atoms with van der Waals surface area (Å²) in [7, 11) is 0. The molecule has 1 aromatic carbocycles. The molecule has 18 heavy (non-hydrogen) atoms. The van der Waals surface area contributed by atoms with Crippen LogP contribution in [0.1, 0.15) is 31.4 Å². The SMILES string of the molecule is CCCN(CC)CCNCc1ccc(Cl)cc1C. The molecule has 1 rings (SSSR count). The van der Waals surface area contributed by atoms with Crippen molar-refractivity contribution in [2.24, 2.45) is 0 Å². The summed E-state index contributed by atoms with van der Waals surface area (Å²) in [6, 6.07) is 6.09. The molecule has 1 N–H and O–H groups in total. The first-order chi connectivity index (χ1) is 8.67. The van der Waals surface area contributed by atoms with Gasteiger partial charge in [0, 0.05) is 24.7 Å². The molecule has 0 spiro atoms. The van der Waals surface area contributed by atoms with Crippen LogP contribution in [0.25, 0.3) is 0 Å². The highest BCUT2D eigenvalue weighted by Crippen LogP contribution is 2.14. The Morgan fingerprint density at radius 1 is 1.22 bits per heavy atom. The van der Waals surface area contributed by atoms with Crippen molar-refractivity contribution in [1.29, 1.82) is 0 Å². The standard InChI is InChI=1S/C15H25ClN2/c1-4-9-18(5-2)10-8-17-12-14-6-7-15(16)11-13(14)3/h6-7,11,17H,4-5,8-10,12H2,1-3H3. The van der Waals surface area contributed by atoms with Gasteiger partial charge in [0.15, 0.2) is 0 Å². The van der Waals surface area contributed by atoms with Gasteiger partial charge in [-0.05, 0) is 49.7 Å². The summed E-state index contributed by atoms with van der Waals surface area (Å²) in [6.07, 6.45) is 1.23. The largest absolute Gasteiger partial charge is 0.311 e. The van der Waals surface area contributed by atoms with Gasteiger partial charge in [-0.2, -0.15) is 0 Å². The van der Waals surface area contributed by atoms with Crippen LogP contribution in [0.2, 0.25) is 5.02 Å². The summed E-state index contributed by atoms with van der Waals surface area (Å²) in [5.41, 5.74) is 2.59. The van der Waals surface area contributed by atoms with E-state index in [1.165, 1.54) is 24.1 Å². The van der Waals surface area contributed by atoms with E-state index in [-0.39, 0.29) is 0 Å². The molecule has 0 unspecified atom stereocenters. The van der Waals surface area contributed by atoms with Crippen LogP contribution in [0.15, 0.2) is 18.2 Å². The zero-order chi connectivity index (χ0) is 13.4. The van der Waals surface area contributed by atoms with Gasteiger partial charge < -0.3 is 10.2 Å². The van der Waals surface area contributed by atoms with Gasteiger partial charge in [0.2, 0.25) is 0 Å². The fourth-order valence-electron chi connectivity index (χ4n) is 2.06. The number of rotatable bonds is 8. The third kappa shape index (κ3) is 5.38. The van der Waals surface area contributed by atoms with E-state index in [0.717, 1.165) is 31.2 Å². The Labute approximate surface area is 116 Å². The van der Waals surface area contributed by atoms with Gasteiger partial charge in [0.05, 0.1) is 0 Å². The van der Waals surface area contributed by atoms with Crippen molar-refractivity contribution in [3.05, 3.63) is 34.3 Å². The fraction of sp³-hybridized carbons (Fsp3) is 0.600. The van der Waals surface area contributed by atoms with E-state index < -0.39 is 0 Å². The Morgan fingerprint density at radius 3 is 2.61 bits per heavy atom. The molecule has 3 heteroatoms. The molecule has 0 aliphatic rings. The summed E-state index contributed by atoms with van der Waals surface area (Å²) in [6.45, 7) is 12.0. The van der Waals surface area contributed by atoms with Crippen molar-refractivity contribution in [3.63, 3.8) is 0 Å². The molecule has 0 amide bonds. The highest BCUT2D eigenvalue weighted by molar-refractivity contribution is 6.30. The van der Waals surface area contributed by atoms with E-state index in [9.17, 15) is 0 Å². The molecule has 1 aromatic rings. The van der Waals surface area contributed by atoms with Crippen LogP contribution >= 0.6 is 11.6 Å². The van der Waals surface area contributed by atoms with Crippen molar-refractivity contribution >= 4 is 11.6 Å². The molecular formula is C15H25ClN2. The molecule has 0 aromatic heterocycles. The van der Waals surface area contributed by atoms with Crippen LogP contribution in [-0.2, 0) is 6.54 Å². The molecule has 2 nitrogen and oxygen atoms in total. The fourth-order valence-corrected chi connectivity index (χ4v) is 2.29. The molecule has 0 heterocycles. The second-order valence-corrected chi connectivity index (χ2v) is 5.12. The summed E-state index contributed by atoms with van der Waals surface area (Å²) in [5.74, 6) is 0. The first-order valence-electron chi connectivity index (χ1n) is 6.85. The van der Waals surface area contributed by atoms with Crippen LogP contribution < -0.4 is 5.32 Å².